The van der Waals surface area contributed by atoms with Gasteiger partial charge in [-0.25, -0.2) is 4.98 Å². The molecule has 2 rings (SSSR count). The number of aryl methyl sites for hydroxylation is 1. The summed E-state index contributed by atoms with van der Waals surface area (Å²) in [4.78, 5) is 17.0. The van der Waals surface area contributed by atoms with Crippen molar-refractivity contribution in [3.63, 3.8) is 0 Å². The lowest BCUT2D eigenvalue weighted by atomic mass is 10.0. The molecule has 1 aromatic heterocycles. The predicted molar refractivity (Wildman–Crippen MR) is 78.8 cm³/mol. The topological polar surface area (TPSA) is 85.3 Å². The number of nitro groups is 1. The van der Waals surface area contributed by atoms with Gasteiger partial charge in [-0.3, -0.25) is 10.1 Å². The highest BCUT2D eigenvalue weighted by atomic mass is 16.6. The third kappa shape index (κ3) is 2.75. The molecular formula is C14H22N4O2. The Kier molecular flexibility index (Phi) is 4.54. The predicted octanol–water partition coefficient (Wildman–Crippen LogP) is 2.25. The molecule has 1 aliphatic carbocycles. The van der Waals surface area contributed by atoms with Gasteiger partial charge >= 0.3 is 0 Å². The lowest BCUT2D eigenvalue weighted by Gasteiger charge is -2.33. The van der Waals surface area contributed by atoms with Crippen LogP contribution in [0.2, 0.25) is 0 Å². The fraction of sp³-hybridized carbons (Fsp3) is 0.643. The lowest BCUT2D eigenvalue weighted by Crippen LogP contribution is -2.40. The number of rotatable bonds is 5. The lowest BCUT2D eigenvalue weighted by molar-refractivity contribution is -0.385. The summed E-state index contributed by atoms with van der Waals surface area (Å²) >= 11 is 0. The Morgan fingerprint density at radius 1 is 1.55 bits per heavy atom. The van der Waals surface area contributed by atoms with Crippen molar-refractivity contribution in [1.29, 1.82) is 0 Å². The number of hydrogen-bond acceptors (Lipinski definition) is 5. The molecule has 1 heterocycles. The summed E-state index contributed by atoms with van der Waals surface area (Å²) in [6.45, 7) is 5.37. The van der Waals surface area contributed by atoms with Gasteiger partial charge in [0.2, 0.25) is 0 Å². The normalized spacial score (nSPS) is 21.9. The van der Waals surface area contributed by atoms with Crippen LogP contribution in [0.3, 0.4) is 0 Å². The summed E-state index contributed by atoms with van der Waals surface area (Å²) in [6, 6.07) is 2.21. The molecule has 110 valence electrons. The van der Waals surface area contributed by atoms with Crippen molar-refractivity contribution in [2.45, 2.75) is 39.2 Å². The summed E-state index contributed by atoms with van der Waals surface area (Å²) in [6.07, 6.45) is 4.83. The minimum Gasteiger partial charge on any atom is -0.354 e. The van der Waals surface area contributed by atoms with E-state index in [1.54, 1.807) is 6.92 Å². The molecule has 0 aliphatic heterocycles. The minimum atomic E-state index is -0.388. The average Bonchev–Trinajstić information content (AvgIpc) is 2.87. The van der Waals surface area contributed by atoms with Crippen molar-refractivity contribution >= 4 is 11.5 Å². The molecule has 6 nitrogen and oxygen atoms in total. The van der Waals surface area contributed by atoms with Gasteiger partial charge in [-0.05, 0) is 45.2 Å². The number of aromatic nitrogens is 1. The summed E-state index contributed by atoms with van der Waals surface area (Å²) in [5.74, 6) is 1.31. The number of pyridine rings is 1. The maximum absolute atomic E-state index is 10.9. The fourth-order valence-electron chi connectivity index (χ4n) is 3.15. The van der Waals surface area contributed by atoms with Crippen LogP contribution in [-0.2, 0) is 0 Å². The molecule has 6 heteroatoms. The number of anilines is 1. The van der Waals surface area contributed by atoms with Crippen molar-refractivity contribution < 1.29 is 4.92 Å². The van der Waals surface area contributed by atoms with Crippen LogP contribution in [0.15, 0.2) is 12.3 Å². The van der Waals surface area contributed by atoms with Crippen LogP contribution in [0.5, 0.6) is 0 Å². The second-order valence-electron chi connectivity index (χ2n) is 5.37. The van der Waals surface area contributed by atoms with E-state index in [9.17, 15) is 10.1 Å². The van der Waals surface area contributed by atoms with Crippen LogP contribution in [0.1, 0.15) is 31.7 Å². The van der Waals surface area contributed by atoms with Crippen molar-refractivity contribution in [3.8, 4) is 0 Å². The van der Waals surface area contributed by atoms with Crippen molar-refractivity contribution in [2.75, 3.05) is 18.0 Å². The van der Waals surface area contributed by atoms with E-state index in [0.717, 1.165) is 25.2 Å². The molecule has 1 saturated carbocycles. The molecule has 0 radical (unpaired) electrons. The maximum atomic E-state index is 10.9. The molecule has 2 atom stereocenters. The molecule has 0 bridgehead atoms. The monoisotopic (exact) mass is 278 g/mol. The number of hydrogen-bond donors (Lipinski definition) is 1. The van der Waals surface area contributed by atoms with E-state index in [0.29, 0.717) is 24.1 Å². The van der Waals surface area contributed by atoms with Crippen LogP contribution in [0.4, 0.5) is 11.5 Å². The molecule has 0 spiro atoms. The van der Waals surface area contributed by atoms with Gasteiger partial charge in [-0.15, -0.1) is 0 Å². The third-order valence-electron chi connectivity index (χ3n) is 4.22. The Balaban J connectivity index is 2.28. The highest BCUT2D eigenvalue weighted by molar-refractivity contribution is 5.49. The Morgan fingerprint density at radius 2 is 2.30 bits per heavy atom. The highest BCUT2D eigenvalue weighted by Gasteiger charge is 2.31. The molecule has 1 aliphatic rings. The SMILES string of the molecule is CCN(c1cc(C)c([N+](=O)[O-])cn1)C1CCCC1CN. The molecule has 20 heavy (non-hydrogen) atoms. The van der Waals surface area contributed by atoms with Gasteiger partial charge in [0.1, 0.15) is 12.0 Å². The van der Waals surface area contributed by atoms with Crippen LogP contribution < -0.4 is 10.6 Å². The van der Waals surface area contributed by atoms with Gasteiger partial charge in [0.15, 0.2) is 0 Å². The highest BCUT2D eigenvalue weighted by Crippen LogP contribution is 2.32. The first kappa shape index (κ1) is 14.7. The van der Waals surface area contributed by atoms with Crippen molar-refractivity contribution in [3.05, 3.63) is 27.9 Å². The largest absolute Gasteiger partial charge is 0.354 e. The van der Waals surface area contributed by atoms with Crippen LogP contribution in [0.25, 0.3) is 0 Å². The summed E-state index contributed by atoms with van der Waals surface area (Å²) in [5.41, 5.74) is 6.58. The van der Waals surface area contributed by atoms with E-state index in [1.807, 2.05) is 6.07 Å². The Morgan fingerprint density at radius 3 is 2.85 bits per heavy atom. The van der Waals surface area contributed by atoms with Gasteiger partial charge in [0, 0.05) is 18.2 Å². The first-order valence-corrected chi connectivity index (χ1v) is 7.16. The smallest absolute Gasteiger partial charge is 0.290 e. The van der Waals surface area contributed by atoms with Crippen LogP contribution >= 0.6 is 0 Å². The molecule has 1 aromatic rings. The van der Waals surface area contributed by atoms with E-state index in [1.165, 1.54) is 12.6 Å². The standard InChI is InChI=1S/C14H22N4O2/c1-3-17(12-6-4-5-11(12)8-15)14-7-10(2)13(9-16-14)18(19)20/h7,9,11-12H,3-6,8,15H2,1-2H3. The summed E-state index contributed by atoms with van der Waals surface area (Å²) in [7, 11) is 0. The third-order valence-corrected chi connectivity index (χ3v) is 4.22. The van der Waals surface area contributed by atoms with E-state index in [-0.39, 0.29) is 10.6 Å². The Bertz CT molecular complexity index is 492. The Hall–Kier alpha value is -1.69. The molecule has 2 N–H and O–H groups in total. The van der Waals surface area contributed by atoms with Crippen molar-refractivity contribution in [1.82, 2.24) is 4.98 Å². The molecular weight excluding hydrogens is 256 g/mol. The van der Waals surface area contributed by atoms with E-state index in [4.69, 9.17) is 5.73 Å². The van der Waals surface area contributed by atoms with Crippen molar-refractivity contribution in [2.24, 2.45) is 11.7 Å². The van der Waals surface area contributed by atoms with E-state index in [2.05, 4.69) is 16.8 Å². The fourth-order valence-corrected chi connectivity index (χ4v) is 3.15. The summed E-state index contributed by atoms with van der Waals surface area (Å²) in [5, 5.41) is 10.9. The van der Waals surface area contributed by atoms with Gasteiger partial charge < -0.3 is 10.6 Å². The van der Waals surface area contributed by atoms with E-state index >= 15 is 0 Å². The van der Waals surface area contributed by atoms with Gasteiger partial charge in [0.25, 0.3) is 5.69 Å². The number of nitrogens with two attached hydrogens (primary N) is 1. The van der Waals surface area contributed by atoms with Crippen LogP contribution in [-0.4, -0.2) is 29.0 Å². The first-order chi connectivity index (χ1) is 9.58. The number of nitrogens with zero attached hydrogens (tertiary/aromatic N) is 3. The second-order valence-corrected chi connectivity index (χ2v) is 5.37. The zero-order valence-corrected chi connectivity index (χ0v) is 12.1. The molecule has 0 saturated heterocycles. The Labute approximate surface area is 119 Å². The molecule has 0 aromatic carbocycles. The molecule has 2 unspecified atom stereocenters. The minimum absolute atomic E-state index is 0.0756. The average molecular weight is 278 g/mol. The second kappa shape index (κ2) is 6.17. The first-order valence-electron chi connectivity index (χ1n) is 7.16. The van der Waals surface area contributed by atoms with E-state index < -0.39 is 0 Å². The molecule has 1 fully saturated rings. The quantitative estimate of drug-likeness (QED) is 0.659. The zero-order valence-electron chi connectivity index (χ0n) is 12.1. The zero-order chi connectivity index (χ0) is 14.7. The summed E-state index contributed by atoms with van der Waals surface area (Å²) < 4.78 is 0. The maximum Gasteiger partial charge on any atom is 0.290 e. The van der Waals surface area contributed by atoms with Gasteiger partial charge in [0.05, 0.1) is 4.92 Å². The molecule has 0 amide bonds. The van der Waals surface area contributed by atoms with Crippen LogP contribution in [0, 0.1) is 23.0 Å². The van der Waals surface area contributed by atoms with Gasteiger partial charge in [-0.1, -0.05) is 6.42 Å². The van der Waals surface area contributed by atoms with Gasteiger partial charge in [-0.2, -0.15) is 0 Å².